The molecule has 2 unspecified atom stereocenters. The van der Waals surface area contributed by atoms with Crippen molar-refractivity contribution in [3.05, 3.63) is 30.3 Å². The number of fused-ring (bicyclic) bond motifs is 1. The number of hydrazone groups is 1. The van der Waals surface area contributed by atoms with Crippen molar-refractivity contribution in [1.82, 2.24) is 4.90 Å². The van der Waals surface area contributed by atoms with Crippen LogP contribution in [0.1, 0.15) is 39.0 Å². The fraction of sp³-hybridized carbons (Fsp3) is 0.500. The van der Waals surface area contributed by atoms with Gasteiger partial charge in [0.2, 0.25) is 11.8 Å². The Morgan fingerprint density at radius 3 is 2.65 bits per heavy atom. The van der Waals surface area contributed by atoms with E-state index in [0.29, 0.717) is 13.0 Å². The van der Waals surface area contributed by atoms with E-state index in [1.54, 1.807) is 0 Å². The fourth-order valence-electron chi connectivity index (χ4n) is 3.38. The average molecular weight is 313 g/mol. The first-order valence-electron chi connectivity index (χ1n) is 8.42. The molecule has 5 heteroatoms. The van der Waals surface area contributed by atoms with E-state index in [-0.39, 0.29) is 23.7 Å². The van der Waals surface area contributed by atoms with E-state index >= 15 is 0 Å². The summed E-state index contributed by atoms with van der Waals surface area (Å²) >= 11 is 0. The predicted molar refractivity (Wildman–Crippen MR) is 90.0 cm³/mol. The maximum absolute atomic E-state index is 12.5. The quantitative estimate of drug-likeness (QED) is 0.671. The van der Waals surface area contributed by atoms with E-state index < -0.39 is 0 Å². The number of amides is 2. The molecule has 1 heterocycles. The number of rotatable bonds is 5. The minimum Gasteiger partial charge on any atom is -0.282 e. The molecule has 1 N–H and O–H groups in total. The first-order chi connectivity index (χ1) is 11.2. The van der Waals surface area contributed by atoms with Crippen LogP contribution in [-0.4, -0.2) is 29.0 Å². The number of hydrogen-bond acceptors (Lipinski definition) is 4. The number of para-hydroxylation sites is 1. The number of anilines is 1. The van der Waals surface area contributed by atoms with Crippen LogP contribution in [0.3, 0.4) is 0 Å². The molecule has 2 fully saturated rings. The molecule has 0 spiro atoms. The van der Waals surface area contributed by atoms with Gasteiger partial charge >= 0.3 is 0 Å². The molecule has 2 amide bonds. The van der Waals surface area contributed by atoms with Gasteiger partial charge in [-0.3, -0.25) is 19.9 Å². The van der Waals surface area contributed by atoms with Gasteiger partial charge in [0.25, 0.3) is 0 Å². The van der Waals surface area contributed by atoms with Crippen LogP contribution < -0.4 is 5.43 Å². The summed E-state index contributed by atoms with van der Waals surface area (Å²) in [7, 11) is 0. The van der Waals surface area contributed by atoms with Crippen molar-refractivity contribution in [1.29, 1.82) is 0 Å². The second-order valence-corrected chi connectivity index (χ2v) is 6.29. The van der Waals surface area contributed by atoms with Gasteiger partial charge in [-0.25, -0.2) is 0 Å². The van der Waals surface area contributed by atoms with E-state index in [1.807, 2.05) is 30.3 Å². The summed E-state index contributed by atoms with van der Waals surface area (Å²) in [4.78, 5) is 26.4. The van der Waals surface area contributed by atoms with Gasteiger partial charge in [-0.2, -0.15) is 5.10 Å². The molecule has 0 radical (unpaired) electrons. The van der Waals surface area contributed by atoms with Crippen LogP contribution in [0.2, 0.25) is 0 Å². The lowest BCUT2D eigenvalue weighted by Gasteiger charge is -2.22. The van der Waals surface area contributed by atoms with Gasteiger partial charge in [-0.1, -0.05) is 31.5 Å². The summed E-state index contributed by atoms with van der Waals surface area (Å²) in [6.07, 6.45) is 3.97. The molecule has 5 nitrogen and oxygen atoms in total. The SMILES string of the molecule is CCCCN1C(=O)C2CC/C(=N/Nc3ccccc3)CC2C1=O. The average Bonchev–Trinajstić information content (AvgIpc) is 2.83. The minimum absolute atomic E-state index is 0.000520. The third kappa shape index (κ3) is 3.28. The molecular weight excluding hydrogens is 290 g/mol. The van der Waals surface area contributed by atoms with E-state index in [4.69, 9.17) is 0 Å². The lowest BCUT2D eigenvalue weighted by Crippen LogP contribution is -2.32. The second kappa shape index (κ2) is 6.94. The summed E-state index contributed by atoms with van der Waals surface area (Å²) in [6, 6.07) is 9.75. The minimum atomic E-state index is -0.204. The summed E-state index contributed by atoms with van der Waals surface area (Å²) < 4.78 is 0. The molecule has 2 atom stereocenters. The number of likely N-dealkylation sites (tertiary alicyclic amines) is 1. The molecule has 1 aromatic carbocycles. The second-order valence-electron chi connectivity index (χ2n) is 6.29. The normalized spacial score (nSPS) is 25.8. The van der Waals surface area contributed by atoms with E-state index in [0.717, 1.165) is 37.1 Å². The Labute approximate surface area is 136 Å². The molecule has 23 heavy (non-hydrogen) atoms. The number of nitrogens with zero attached hydrogens (tertiary/aromatic N) is 2. The van der Waals surface area contributed by atoms with Gasteiger partial charge in [-0.05, 0) is 37.8 Å². The highest BCUT2D eigenvalue weighted by Gasteiger charge is 2.49. The summed E-state index contributed by atoms with van der Waals surface area (Å²) in [5.74, 6) is -0.302. The van der Waals surface area contributed by atoms with Crippen LogP contribution in [-0.2, 0) is 9.59 Å². The summed E-state index contributed by atoms with van der Waals surface area (Å²) in [6.45, 7) is 2.63. The number of imide groups is 1. The summed E-state index contributed by atoms with van der Waals surface area (Å²) in [5.41, 5.74) is 4.96. The Morgan fingerprint density at radius 1 is 1.17 bits per heavy atom. The van der Waals surface area contributed by atoms with Gasteiger partial charge in [-0.15, -0.1) is 0 Å². The Hall–Kier alpha value is -2.17. The van der Waals surface area contributed by atoms with Gasteiger partial charge in [0.05, 0.1) is 17.5 Å². The molecule has 3 rings (SSSR count). The third-order valence-corrected chi connectivity index (χ3v) is 4.70. The molecule has 1 aliphatic heterocycles. The van der Waals surface area contributed by atoms with Gasteiger partial charge in [0.1, 0.15) is 0 Å². The van der Waals surface area contributed by atoms with Crippen molar-refractivity contribution in [2.45, 2.75) is 39.0 Å². The maximum Gasteiger partial charge on any atom is 0.233 e. The number of hydrogen-bond donors (Lipinski definition) is 1. The highest BCUT2D eigenvalue weighted by Crippen LogP contribution is 2.37. The van der Waals surface area contributed by atoms with Crippen molar-refractivity contribution in [2.24, 2.45) is 16.9 Å². The van der Waals surface area contributed by atoms with Crippen molar-refractivity contribution >= 4 is 23.2 Å². The highest BCUT2D eigenvalue weighted by atomic mass is 16.2. The molecule has 0 bridgehead atoms. The topological polar surface area (TPSA) is 61.8 Å². The number of nitrogens with one attached hydrogen (secondary N) is 1. The number of benzene rings is 1. The van der Waals surface area contributed by atoms with Crippen LogP contribution in [0.25, 0.3) is 0 Å². The molecular formula is C18H23N3O2. The van der Waals surface area contributed by atoms with Gasteiger partial charge in [0.15, 0.2) is 0 Å². The molecule has 0 aromatic heterocycles. The van der Waals surface area contributed by atoms with E-state index in [2.05, 4.69) is 17.5 Å². The van der Waals surface area contributed by atoms with Crippen LogP contribution in [0.4, 0.5) is 5.69 Å². The Kier molecular flexibility index (Phi) is 4.74. The van der Waals surface area contributed by atoms with Crippen molar-refractivity contribution in [3.63, 3.8) is 0 Å². The largest absolute Gasteiger partial charge is 0.282 e. The fourth-order valence-corrected chi connectivity index (χ4v) is 3.38. The Balaban J connectivity index is 1.66. The number of unbranched alkanes of at least 4 members (excludes halogenated alkanes) is 1. The highest BCUT2D eigenvalue weighted by molar-refractivity contribution is 6.08. The summed E-state index contributed by atoms with van der Waals surface area (Å²) in [5, 5.41) is 4.45. The van der Waals surface area contributed by atoms with Crippen LogP contribution in [0.15, 0.2) is 35.4 Å². The predicted octanol–water partition coefficient (Wildman–Crippen LogP) is 3.04. The smallest absolute Gasteiger partial charge is 0.233 e. The zero-order chi connectivity index (χ0) is 16.2. The Bertz CT molecular complexity index is 612. The van der Waals surface area contributed by atoms with Crippen LogP contribution in [0.5, 0.6) is 0 Å². The van der Waals surface area contributed by atoms with Crippen LogP contribution >= 0.6 is 0 Å². The van der Waals surface area contributed by atoms with Crippen LogP contribution in [0, 0.1) is 11.8 Å². The zero-order valence-corrected chi connectivity index (χ0v) is 13.5. The first kappa shape index (κ1) is 15.7. The number of carbonyl (C=O) groups is 2. The first-order valence-corrected chi connectivity index (χ1v) is 8.42. The third-order valence-electron chi connectivity index (χ3n) is 4.70. The van der Waals surface area contributed by atoms with Crippen molar-refractivity contribution in [2.75, 3.05) is 12.0 Å². The van der Waals surface area contributed by atoms with Crippen molar-refractivity contribution < 1.29 is 9.59 Å². The standard InChI is InChI=1S/C18H23N3O2/c1-2-3-11-21-17(22)15-10-9-14(12-16(15)18(21)23)20-19-13-7-5-4-6-8-13/h4-8,15-16,19H,2-3,9-12H2,1H3/b20-14-. The molecule has 2 aliphatic rings. The van der Waals surface area contributed by atoms with Gasteiger partial charge < -0.3 is 0 Å². The lowest BCUT2D eigenvalue weighted by atomic mass is 9.80. The molecule has 122 valence electrons. The van der Waals surface area contributed by atoms with Gasteiger partial charge in [0, 0.05) is 12.3 Å². The Morgan fingerprint density at radius 2 is 1.91 bits per heavy atom. The van der Waals surface area contributed by atoms with E-state index in [9.17, 15) is 9.59 Å². The van der Waals surface area contributed by atoms with E-state index in [1.165, 1.54) is 4.90 Å². The zero-order valence-electron chi connectivity index (χ0n) is 13.5. The number of carbonyl (C=O) groups excluding carboxylic acids is 2. The molecule has 1 aliphatic carbocycles. The maximum atomic E-state index is 12.5. The monoisotopic (exact) mass is 313 g/mol. The molecule has 1 saturated heterocycles. The lowest BCUT2D eigenvalue weighted by molar-refractivity contribution is -0.139. The molecule has 1 aromatic rings. The van der Waals surface area contributed by atoms with Crippen molar-refractivity contribution in [3.8, 4) is 0 Å². The molecule has 1 saturated carbocycles.